The van der Waals surface area contributed by atoms with Gasteiger partial charge in [0.05, 0.1) is 6.54 Å². The van der Waals surface area contributed by atoms with Gasteiger partial charge in [0.1, 0.15) is 6.34 Å². The Bertz CT molecular complexity index is 151. The number of allylic oxidation sites excluding steroid dienone is 1. The Hall–Kier alpha value is -0.440. The molecule has 0 unspecified atom stereocenters. The maximum Gasteiger partial charge on any atom is 0.101 e. The van der Waals surface area contributed by atoms with Crippen molar-refractivity contribution in [3.8, 4) is 0 Å². The summed E-state index contributed by atoms with van der Waals surface area (Å²) >= 11 is 1.44. The molecule has 0 aromatic rings. The maximum absolute atomic E-state index is 4.08. The largest absolute Gasteiger partial charge is 0.303 e. The molecular weight excluding hydrogens is 132 g/mol. The van der Waals surface area contributed by atoms with Gasteiger partial charge in [0.25, 0.3) is 0 Å². The van der Waals surface area contributed by atoms with Gasteiger partial charge in [-0.1, -0.05) is 0 Å². The Labute approximate surface area is 59.8 Å². The topological polar surface area (TPSA) is 15.6 Å². The normalized spacial score (nSPS) is 18.0. The zero-order valence-electron chi connectivity index (χ0n) is 5.37. The molecular formula is C6H9N2S. The van der Waals surface area contributed by atoms with E-state index in [9.17, 15) is 0 Å². The predicted molar refractivity (Wildman–Crippen MR) is 41.9 cm³/mol. The summed E-state index contributed by atoms with van der Waals surface area (Å²) in [5, 5.41) is 0. The summed E-state index contributed by atoms with van der Waals surface area (Å²) < 4.78 is 1.97. The van der Waals surface area contributed by atoms with Crippen molar-refractivity contribution in [2.24, 2.45) is 4.99 Å². The van der Waals surface area contributed by atoms with Crippen molar-refractivity contribution in [2.75, 3.05) is 6.54 Å². The first-order valence-corrected chi connectivity index (χ1v) is 3.67. The summed E-state index contributed by atoms with van der Waals surface area (Å²) in [6.45, 7) is 2.91. The van der Waals surface area contributed by atoms with E-state index in [2.05, 4.69) is 17.3 Å². The summed E-state index contributed by atoms with van der Waals surface area (Å²) in [5.41, 5.74) is 1.08. The van der Waals surface area contributed by atoms with Crippen molar-refractivity contribution in [1.29, 1.82) is 0 Å². The summed E-state index contributed by atoms with van der Waals surface area (Å²) in [6.07, 6.45) is 7.52. The first-order chi connectivity index (χ1) is 4.33. The van der Waals surface area contributed by atoms with Crippen LogP contribution in [-0.2, 0) is 0 Å². The van der Waals surface area contributed by atoms with Crippen LogP contribution in [0.5, 0.6) is 0 Å². The minimum atomic E-state index is 0.920. The van der Waals surface area contributed by atoms with E-state index in [1.54, 1.807) is 6.34 Å². The number of hydrogen-bond acceptors (Lipinski definition) is 3. The van der Waals surface area contributed by atoms with Crippen LogP contribution >= 0.6 is 11.9 Å². The monoisotopic (exact) mass is 141 g/mol. The Morgan fingerprint density at radius 2 is 2.67 bits per heavy atom. The molecule has 49 valence electrons. The van der Waals surface area contributed by atoms with Crippen LogP contribution in [0.25, 0.3) is 0 Å². The van der Waals surface area contributed by atoms with Gasteiger partial charge in [-0.15, -0.1) is 0 Å². The lowest BCUT2D eigenvalue weighted by molar-refractivity contribution is 0.763. The van der Waals surface area contributed by atoms with Gasteiger partial charge in [-0.2, -0.15) is 0 Å². The molecule has 0 fully saturated rings. The van der Waals surface area contributed by atoms with E-state index < -0.39 is 0 Å². The van der Waals surface area contributed by atoms with Gasteiger partial charge in [0.2, 0.25) is 0 Å². The van der Waals surface area contributed by atoms with E-state index in [0.29, 0.717) is 0 Å². The number of hydrogen-bond donors (Lipinski definition) is 0. The van der Waals surface area contributed by atoms with E-state index in [4.69, 9.17) is 0 Å². The van der Waals surface area contributed by atoms with Crippen molar-refractivity contribution >= 4 is 18.3 Å². The molecule has 1 aliphatic heterocycles. The Morgan fingerprint density at radius 1 is 1.89 bits per heavy atom. The molecule has 0 saturated carbocycles. The SMILES string of the molecule is [CH2]SN1C=NC(C)=CC1. The van der Waals surface area contributed by atoms with Crippen LogP contribution < -0.4 is 0 Å². The first kappa shape index (κ1) is 6.68. The average molecular weight is 141 g/mol. The van der Waals surface area contributed by atoms with Crippen LogP contribution in [0.2, 0.25) is 0 Å². The van der Waals surface area contributed by atoms with Crippen LogP contribution in [0.15, 0.2) is 16.8 Å². The molecule has 1 aliphatic rings. The van der Waals surface area contributed by atoms with Crippen molar-refractivity contribution in [1.82, 2.24) is 4.31 Å². The summed E-state index contributed by atoms with van der Waals surface area (Å²) in [6, 6.07) is 0. The molecule has 0 N–H and O–H groups in total. The van der Waals surface area contributed by atoms with E-state index in [1.165, 1.54) is 11.9 Å². The molecule has 0 atom stereocenters. The fraction of sp³-hybridized carbons (Fsp3) is 0.333. The first-order valence-electron chi connectivity index (χ1n) is 2.72. The van der Waals surface area contributed by atoms with Crippen molar-refractivity contribution in [2.45, 2.75) is 6.92 Å². The second kappa shape index (κ2) is 2.92. The number of aliphatic imine (C=N–C) groups is 1. The second-order valence-electron chi connectivity index (χ2n) is 1.82. The molecule has 1 rings (SSSR count). The molecule has 9 heavy (non-hydrogen) atoms. The van der Waals surface area contributed by atoms with Crippen LogP contribution in [0.3, 0.4) is 0 Å². The molecule has 0 saturated heterocycles. The van der Waals surface area contributed by atoms with Crippen LogP contribution in [0.4, 0.5) is 0 Å². The lowest BCUT2D eigenvalue weighted by Gasteiger charge is -2.16. The molecule has 1 radical (unpaired) electrons. The van der Waals surface area contributed by atoms with Gasteiger partial charge in [0, 0.05) is 12.0 Å². The van der Waals surface area contributed by atoms with E-state index >= 15 is 0 Å². The van der Waals surface area contributed by atoms with Gasteiger partial charge in [-0.25, -0.2) is 4.99 Å². The van der Waals surface area contributed by atoms with Gasteiger partial charge in [-0.05, 0) is 24.9 Å². The van der Waals surface area contributed by atoms with Gasteiger partial charge >= 0.3 is 0 Å². The molecule has 1 heterocycles. The Morgan fingerprint density at radius 3 is 3.11 bits per heavy atom. The molecule has 0 bridgehead atoms. The fourth-order valence-electron chi connectivity index (χ4n) is 0.563. The Kier molecular flexibility index (Phi) is 2.16. The molecule has 0 aliphatic carbocycles. The maximum atomic E-state index is 4.08. The van der Waals surface area contributed by atoms with Crippen molar-refractivity contribution < 1.29 is 0 Å². The van der Waals surface area contributed by atoms with E-state index in [-0.39, 0.29) is 0 Å². The third kappa shape index (κ3) is 1.75. The van der Waals surface area contributed by atoms with E-state index in [0.717, 1.165) is 12.2 Å². The van der Waals surface area contributed by atoms with Crippen LogP contribution in [0.1, 0.15) is 6.92 Å². The molecule has 0 amide bonds. The third-order valence-corrected chi connectivity index (χ3v) is 1.70. The highest BCUT2D eigenvalue weighted by Crippen LogP contribution is 2.09. The highest BCUT2D eigenvalue weighted by molar-refractivity contribution is 7.98. The number of rotatable bonds is 1. The molecule has 3 heteroatoms. The summed E-state index contributed by atoms with van der Waals surface area (Å²) in [4.78, 5) is 4.08. The van der Waals surface area contributed by atoms with Gasteiger partial charge < -0.3 is 4.31 Å². The Balaban J connectivity index is 2.48. The zero-order chi connectivity index (χ0) is 6.69. The van der Waals surface area contributed by atoms with Crippen molar-refractivity contribution in [3.63, 3.8) is 0 Å². The lowest BCUT2D eigenvalue weighted by Crippen LogP contribution is -2.15. The highest BCUT2D eigenvalue weighted by Gasteiger charge is 1.98. The van der Waals surface area contributed by atoms with Crippen LogP contribution in [0, 0.1) is 6.26 Å². The van der Waals surface area contributed by atoms with Gasteiger partial charge in [-0.3, -0.25) is 0 Å². The fourth-order valence-corrected chi connectivity index (χ4v) is 0.857. The molecule has 0 spiro atoms. The molecule has 0 aromatic heterocycles. The predicted octanol–water partition coefficient (Wildman–Crippen LogP) is 1.67. The minimum absolute atomic E-state index is 0.920. The molecule has 0 aromatic carbocycles. The third-order valence-electron chi connectivity index (χ3n) is 1.12. The standard InChI is InChI=1S/C6H9N2S/c1-6-3-4-8(9-2)5-7-6/h3,5H,2,4H2,1H3. The summed E-state index contributed by atoms with van der Waals surface area (Å²) in [5.74, 6) is 0. The minimum Gasteiger partial charge on any atom is -0.303 e. The molecule has 2 nitrogen and oxygen atoms in total. The summed E-state index contributed by atoms with van der Waals surface area (Å²) in [7, 11) is 0. The van der Waals surface area contributed by atoms with Crippen molar-refractivity contribution in [3.05, 3.63) is 18.0 Å². The van der Waals surface area contributed by atoms with Gasteiger partial charge in [0.15, 0.2) is 0 Å². The number of nitrogens with zero attached hydrogens (tertiary/aromatic N) is 2. The average Bonchev–Trinajstić information content (AvgIpc) is 1.90. The smallest absolute Gasteiger partial charge is 0.101 e. The quantitative estimate of drug-likeness (QED) is 0.516. The van der Waals surface area contributed by atoms with Crippen LogP contribution in [-0.4, -0.2) is 17.2 Å². The zero-order valence-corrected chi connectivity index (χ0v) is 6.19. The second-order valence-corrected chi connectivity index (χ2v) is 2.55. The lowest BCUT2D eigenvalue weighted by atomic mass is 10.4. The van der Waals surface area contributed by atoms with E-state index in [1.807, 2.05) is 11.2 Å². The highest BCUT2D eigenvalue weighted by atomic mass is 32.2.